The van der Waals surface area contributed by atoms with Gasteiger partial charge in [-0.2, -0.15) is 0 Å². The summed E-state index contributed by atoms with van der Waals surface area (Å²) in [6, 6.07) is 0. The van der Waals surface area contributed by atoms with E-state index in [1.807, 2.05) is 11.8 Å². The highest BCUT2D eigenvalue weighted by molar-refractivity contribution is 5.76. The Morgan fingerprint density at radius 1 is 1.53 bits per heavy atom. The zero-order valence-corrected chi connectivity index (χ0v) is 10.1. The molecule has 1 heterocycles. The van der Waals surface area contributed by atoms with Gasteiger partial charge in [-0.1, -0.05) is 20.8 Å². The molecule has 1 saturated heterocycles. The van der Waals surface area contributed by atoms with E-state index in [0.29, 0.717) is 24.8 Å². The number of aliphatic hydroxyl groups excluding tert-OH is 1. The van der Waals surface area contributed by atoms with E-state index < -0.39 is 0 Å². The lowest BCUT2D eigenvalue weighted by Crippen LogP contribution is -2.45. The summed E-state index contributed by atoms with van der Waals surface area (Å²) < 4.78 is 0. The van der Waals surface area contributed by atoms with E-state index >= 15 is 0 Å². The number of nitrogens with zero attached hydrogens (tertiary/aromatic N) is 1. The fourth-order valence-corrected chi connectivity index (χ4v) is 1.85. The molecule has 15 heavy (non-hydrogen) atoms. The van der Waals surface area contributed by atoms with E-state index in [9.17, 15) is 9.90 Å². The Hall–Kier alpha value is -0.570. The quantitative estimate of drug-likeness (QED) is 0.774. The van der Waals surface area contributed by atoms with Gasteiger partial charge in [0.1, 0.15) is 0 Å². The number of β-amino-alcohol motifs (C(OH)–C–C–N with tert-alkyl or cyclic N) is 1. The van der Waals surface area contributed by atoms with Crippen LogP contribution in [0.3, 0.4) is 0 Å². The standard InChI is InChI=1S/C12H23NO2/c1-9(2)4-5-12(15)13-7-6-10(3)11(14)8-13/h9-11,14H,4-8H2,1-3H3. The molecule has 1 amide bonds. The third-order valence-electron chi connectivity index (χ3n) is 3.21. The van der Waals surface area contributed by atoms with Crippen molar-refractivity contribution in [1.29, 1.82) is 0 Å². The number of amides is 1. The van der Waals surface area contributed by atoms with Crippen LogP contribution in [0.5, 0.6) is 0 Å². The number of aliphatic hydroxyl groups is 1. The molecule has 0 spiro atoms. The number of carbonyl (C=O) groups excluding carboxylic acids is 1. The maximum absolute atomic E-state index is 11.8. The molecule has 0 saturated carbocycles. The van der Waals surface area contributed by atoms with Gasteiger partial charge in [-0.3, -0.25) is 4.79 Å². The summed E-state index contributed by atoms with van der Waals surface area (Å²) in [5.74, 6) is 1.11. The fourth-order valence-electron chi connectivity index (χ4n) is 1.85. The van der Waals surface area contributed by atoms with Crippen molar-refractivity contribution in [2.24, 2.45) is 11.8 Å². The van der Waals surface area contributed by atoms with Crippen LogP contribution >= 0.6 is 0 Å². The molecule has 0 aliphatic carbocycles. The molecule has 3 nitrogen and oxygen atoms in total. The second-order valence-corrected chi connectivity index (χ2v) is 5.11. The molecule has 1 aliphatic heterocycles. The molecule has 0 radical (unpaired) electrons. The number of hydrogen-bond donors (Lipinski definition) is 1. The van der Waals surface area contributed by atoms with Crippen LogP contribution in [0.2, 0.25) is 0 Å². The predicted molar refractivity (Wildman–Crippen MR) is 60.4 cm³/mol. The maximum atomic E-state index is 11.8. The van der Waals surface area contributed by atoms with E-state index in [2.05, 4.69) is 13.8 Å². The van der Waals surface area contributed by atoms with E-state index in [0.717, 1.165) is 19.4 Å². The molecule has 0 aromatic rings. The molecule has 1 fully saturated rings. The Balaban J connectivity index is 2.34. The Morgan fingerprint density at radius 3 is 2.73 bits per heavy atom. The Kier molecular flexibility index (Phi) is 4.58. The van der Waals surface area contributed by atoms with Gasteiger partial charge in [0, 0.05) is 19.5 Å². The van der Waals surface area contributed by atoms with Crippen LogP contribution in [0.1, 0.15) is 40.0 Å². The molecule has 0 bridgehead atoms. The van der Waals surface area contributed by atoms with Gasteiger partial charge in [-0.25, -0.2) is 0 Å². The first-order valence-corrected chi connectivity index (χ1v) is 5.96. The monoisotopic (exact) mass is 213 g/mol. The van der Waals surface area contributed by atoms with Crippen molar-refractivity contribution in [2.45, 2.75) is 46.1 Å². The lowest BCUT2D eigenvalue weighted by atomic mass is 9.95. The molecular formula is C12H23NO2. The van der Waals surface area contributed by atoms with Gasteiger partial charge in [0.15, 0.2) is 0 Å². The van der Waals surface area contributed by atoms with Gasteiger partial charge in [0.25, 0.3) is 0 Å². The van der Waals surface area contributed by atoms with Crippen molar-refractivity contribution in [3.05, 3.63) is 0 Å². The maximum Gasteiger partial charge on any atom is 0.222 e. The third-order valence-corrected chi connectivity index (χ3v) is 3.21. The number of hydrogen-bond acceptors (Lipinski definition) is 2. The van der Waals surface area contributed by atoms with Crippen LogP contribution in [0.15, 0.2) is 0 Å². The molecule has 1 rings (SSSR count). The highest BCUT2D eigenvalue weighted by atomic mass is 16.3. The average Bonchev–Trinajstić information content (AvgIpc) is 2.18. The molecular weight excluding hydrogens is 190 g/mol. The van der Waals surface area contributed by atoms with E-state index in [1.165, 1.54) is 0 Å². The minimum absolute atomic E-state index is 0.203. The van der Waals surface area contributed by atoms with Crippen molar-refractivity contribution in [3.63, 3.8) is 0 Å². The van der Waals surface area contributed by atoms with Crippen LogP contribution in [-0.4, -0.2) is 35.1 Å². The minimum atomic E-state index is -0.332. The number of piperidine rings is 1. The first-order valence-electron chi connectivity index (χ1n) is 5.96. The first kappa shape index (κ1) is 12.5. The Morgan fingerprint density at radius 2 is 2.20 bits per heavy atom. The van der Waals surface area contributed by atoms with Crippen LogP contribution < -0.4 is 0 Å². The largest absolute Gasteiger partial charge is 0.391 e. The molecule has 2 unspecified atom stereocenters. The van der Waals surface area contributed by atoms with Crippen molar-refractivity contribution in [1.82, 2.24) is 4.90 Å². The van der Waals surface area contributed by atoms with Crippen molar-refractivity contribution < 1.29 is 9.90 Å². The Labute approximate surface area is 92.5 Å². The fraction of sp³-hybridized carbons (Fsp3) is 0.917. The summed E-state index contributed by atoms with van der Waals surface area (Å²) in [6.45, 7) is 7.63. The van der Waals surface area contributed by atoms with Gasteiger partial charge in [-0.05, 0) is 24.7 Å². The van der Waals surface area contributed by atoms with E-state index in [1.54, 1.807) is 0 Å². The van der Waals surface area contributed by atoms with Crippen molar-refractivity contribution >= 4 is 5.91 Å². The molecule has 1 aliphatic rings. The minimum Gasteiger partial charge on any atom is -0.391 e. The summed E-state index contributed by atoms with van der Waals surface area (Å²) in [7, 11) is 0. The molecule has 0 aromatic carbocycles. The van der Waals surface area contributed by atoms with Gasteiger partial charge in [0.05, 0.1) is 6.10 Å². The zero-order valence-electron chi connectivity index (χ0n) is 10.1. The highest BCUT2D eigenvalue weighted by Gasteiger charge is 2.26. The molecule has 3 heteroatoms. The first-order chi connectivity index (χ1) is 7.00. The normalized spacial score (nSPS) is 27.1. The molecule has 0 aromatic heterocycles. The summed E-state index contributed by atoms with van der Waals surface area (Å²) >= 11 is 0. The SMILES string of the molecule is CC(C)CCC(=O)N1CCC(C)C(O)C1. The van der Waals surface area contributed by atoms with Crippen LogP contribution in [0, 0.1) is 11.8 Å². The second kappa shape index (κ2) is 5.50. The molecule has 88 valence electrons. The van der Waals surface area contributed by atoms with Gasteiger partial charge in [-0.15, -0.1) is 0 Å². The summed E-state index contributed by atoms with van der Waals surface area (Å²) in [4.78, 5) is 13.6. The number of carbonyl (C=O) groups is 1. The van der Waals surface area contributed by atoms with Gasteiger partial charge in [0.2, 0.25) is 5.91 Å². The average molecular weight is 213 g/mol. The topological polar surface area (TPSA) is 40.5 Å². The lowest BCUT2D eigenvalue weighted by molar-refractivity contribution is -0.135. The van der Waals surface area contributed by atoms with Crippen LogP contribution in [0.4, 0.5) is 0 Å². The predicted octanol–water partition coefficient (Wildman–Crippen LogP) is 1.65. The lowest BCUT2D eigenvalue weighted by Gasteiger charge is -2.34. The smallest absolute Gasteiger partial charge is 0.222 e. The highest BCUT2D eigenvalue weighted by Crippen LogP contribution is 2.18. The molecule has 1 N–H and O–H groups in total. The zero-order chi connectivity index (χ0) is 11.4. The van der Waals surface area contributed by atoms with Crippen LogP contribution in [-0.2, 0) is 4.79 Å². The number of likely N-dealkylation sites (tertiary alicyclic amines) is 1. The number of rotatable bonds is 3. The summed E-state index contributed by atoms with van der Waals surface area (Å²) in [5, 5.41) is 9.68. The second-order valence-electron chi connectivity index (χ2n) is 5.11. The van der Waals surface area contributed by atoms with Crippen LogP contribution in [0.25, 0.3) is 0 Å². The van der Waals surface area contributed by atoms with Gasteiger partial charge >= 0.3 is 0 Å². The molecule has 2 atom stereocenters. The van der Waals surface area contributed by atoms with Gasteiger partial charge < -0.3 is 10.0 Å². The van der Waals surface area contributed by atoms with E-state index in [-0.39, 0.29) is 12.0 Å². The summed E-state index contributed by atoms with van der Waals surface area (Å²) in [6.07, 6.45) is 2.16. The summed E-state index contributed by atoms with van der Waals surface area (Å²) in [5.41, 5.74) is 0. The van der Waals surface area contributed by atoms with E-state index in [4.69, 9.17) is 0 Å². The third kappa shape index (κ3) is 3.82. The van der Waals surface area contributed by atoms with Crippen molar-refractivity contribution in [2.75, 3.05) is 13.1 Å². The Bertz CT molecular complexity index is 216. The van der Waals surface area contributed by atoms with Crippen molar-refractivity contribution in [3.8, 4) is 0 Å².